The maximum Gasteiger partial charge on any atom is 0.253 e. The third-order valence-electron chi connectivity index (χ3n) is 5.54. The Kier molecular flexibility index (Phi) is 5.46. The first-order valence-electron chi connectivity index (χ1n) is 10.4. The molecule has 1 unspecified atom stereocenters. The maximum absolute atomic E-state index is 13.2. The van der Waals surface area contributed by atoms with Gasteiger partial charge in [-0.3, -0.25) is 9.89 Å². The van der Waals surface area contributed by atoms with Crippen LogP contribution >= 0.6 is 11.8 Å². The Morgan fingerprint density at radius 2 is 1.94 bits per heavy atom. The molecule has 2 heterocycles. The quantitative estimate of drug-likeness (QED) is 0.566. The lowest BCUT2D eigenvalue weighted by molar-refractivity contribution is -0.130. The average Bonchev–Trinajstić information content (AvgIpc) is 3.39. The molecular formula is C23H23N5O2S. The Balaban J connectivity index is 1.35. The topological polar surface area (TPSA) is 83.5 Å². The van der Waals surface area contributed by atoms with Gasteiger partial charge in [-0.2, -0.15) is 5.10 Å². The minimum atomic E-state index is -0.150. The van der Waals surface area contributed by atoms with Crippen LogP contribution in [0.4, 0.5) is 0 Å². The van der Waals surface area contributed by atoms with Gasteiger partial charge < -0.3 is 4.74 Å². The zero-order chi connectivity index (χ0) is 21.2. The highest BCUT2D eigenvalue weighted by Gasteiger charge is 2.33. The number of carbonyl (C=O) groups excluding carboxylic acids is 1. The van der Waals surface area contributed by atoms with Gasteiger partial charge in [-0.1, -0.05) is 54.2 Å². The van der Waals surface area contributed by atoms with Gasteiger partial charge in [0.15, 0.2) is 0 Å². The number of aromatic amines is 1. The summed E-state index contributed by atoms with van der Waals surface area (Å²) >= 11 is 1.35. The summed E-state index contributed by atoms with van der Waals surface area (Å²) < 4.78 is 5.28. The van der Waals surface area contributed by atoms with Gasteiger partial charge in [0.25, 0.3) is 5.91 Å². The van der Waals surface area contributed by atoms with Crippen LogP contribution in [-0.2, 0) is 4.79 Å². The van der Waals surface area contributed by atoms with E-state index in [0.29, 0.717) is 17.5 Å². The number of methoxy groups -OCH3 is 1. The minimum Gasteiger partial charge on any atom is -0.497 e. The summed E-state index contributed by atoms with van der Waals surface area (Å²) in [4.78, 5) is 17.7. The van der Waals surface area contributed by atoms with E-state index in [1.165, 1.54) is 11.8 Å². The van der Waals surface area contributed by atoms with Crippen LogP contribution in [0, 0.1) is 0 Å². The fourth-order valence-electron chi connectivity index (χ4n) is 3.69. The summed E-state index contributed by atoms with van der Waals surface area (Å²) in [7, 11) is 1.64. The fraction of sp³-hybridized carbons (Fsp3) is 0.304. The molecule has 0 radical (unpaired) electrons. The third-order valence-corrected chi connectivity index (χ3v) is 6.38. The summed E-state index contributed by atoms with van der Waals surface area (Å²) in [5.74, 6) is 2.40. The second-order valence-electron chi connectivity index (χ2n) is 7.71. The molecule has 1 fully saturated rings. The number of hydrogen-bond acceptors (Lipinski definition) is 6. The molecule has 31 heavy (non-hydrogen) atoms. The summed E-state index contributed by atoms with van der Waals surface area (Å²) in [5.41, 5.74) is 2.98. The smallest absolute Gasteiger partial charge is 0.253 e. The zero-order valence-corrected chi connectivity index (χ0v) is 18.0. The lowest BCUT2D eigenvalue weighted by Crippen LogP contribution is -2.28. The number of nitrogens with zero attached hydrogens (tertiary/aromatic N) is 4. The Morgan fingerprint density at radius 1 is 1.16 bits per heavy atom. The van der Waals surface area contributed by atoms with Gasteiger partial charge in [0.2, 0.25) is 5.16 Å². The Labute approximate surface area is 184 Å². The van der Waals surface area contributed by atoms with Crippen LogP contribution in [0.1, 0.15) is 48.2 Å². The van der Waals surface area contributed by atoms with E-state index < -0.39 is 0 Å². The van der Waals surface area contributed by atoms with E-state index in [0.717, 1.165) is 41.3 Å². The second-order valence-corrected chi connectivity index (χ2v) is 8.65. The van der Waals surface area contributed by atoms with E-state index in [1.807, 2.05) is 54.6 Å². The maximum atomic E-state index is 13.2. The fourth-order valence-corrected chi connectivity index (χ4v) is 4.34. The number of H-pyrrole nitrogens is 1. The van der Waals surface area contributed by atoms with Crippen LogP contribution in [0.15, 0.2) is 64.9 Å². The monoisotopic (exact) mass is 433 g/mol. The van der Waals surface area contributed by atoms with Crippen LogP contribution < -0.4 is 4.74 Å². The first-order chi connectivity index (χ1) is 15.2. The number of nitrogens with one attached hydrogen (secondary N) is 1. The molecule has 0 spiro atoms. The van der Waals surface area contributed by atoms with Crippen molar-refractivity contribution in [3.63, 3.8) is 0 Å². The van der Waals surface area contributed by atoms with Gasteiger partial charge in [-0.15, -0.1) is 5.10 Å². The van der Waals surface area contributed by atoms with Gasteiger partial charge in [0.1, 0.15) is 11.6 Å². The molecule has 8 heteroatoms. The number of carbonyl (C=O) groups is 1. The Bertz CT molecular complexity index is 1090. The van der Waals surface area contributed by atoms with Crippen molar-refractivity contribution in [1.29, 1.82) is 0 Å². The van der Waals surface area contributed by atoms with E-state index in [2.05, 4.69) is 15.2 Å². The summed E-state index contributed by atoms with van der Waals surface area (Å²) in [6, 6.07) is 17.7. The average molecular weight is 434 g/mol. The Hall–Kier alpha value is -3.13. The molecule has 1 atom stereocenters. The molecule has 0 saturated heterocycles. The highest BCUT2D eigenvalue weighted by atomic mass is 32.2. The summed E-state index contributed by atoms with van der Waals surface area (Å²) in [6.07, 6.45) is 2.98. The predicted molar refractivity (Wildman–Crippen MR) is 119 cm³/mol. The van der Waals surface area contributed by atoms with E-state index in [9.17, 15) is 4.79 Å². The molecule has 1 N–H and O–H groups in total. The molecule has 0 bridgehead atoms. The molecule has 2 aromatic carbocycles. The first kappa shape index (κ1) is 19.8. The third kappa shape index (κ3) is 4.34. The second kappa shape index (κ2) is 8.55. The number of aromatic nitrogens is 3. The zero-order valence-electron chi connectivity index (χ0n) is 17.2. The SMILES string of the molecule is COc1ccc(C2CC(c3ccccc3)=NN2C(=O)CSc2n[nH]c(C3CC3)n2)cc1. The molecule has 1 aliphatic carbocycles. The molecule has 5 rings (SSSR count). The van der Waals surface area contributed by atoms with Crippen LogP contribution in [0.25, 0.3) is 0 Å². The molecule has 2 aliphatic rings. The number of hydrogen-bond donors (Lipinski definition) is 1. The number of amides is 1. The van der Waals surface area contributed by atoms with Gasteiger partial charge in [-0.25, -0.2) is 9.99 Å². The predicted octanol–water partition coefficient (Wildman–Crippen LogP) is 4.16. The molecule has 7 nitrogen and oxygen atoms in total. The normalized spacial score (nSPS) is 18.2. The van der Waals surface area contributed by atoms with E-state index >= 15 is 0 Å². The van der Waals surface area contributed by atoms with Crippen molar-refractivity contribution in [2.24, 2.45) is 5.10 Å². The Morgan fingerprint density at radius 3 is 2.65 bits per heavy atom. The van der Waals surface area contributed by atoms with Crippen LogP contribution in [0.5, 0.6) is 5.75 Å². The van der Waals surface area contributed by atoms with Crippen molar-refractivity contribution in [2.75, 3.05) is 12.9 Å². The molecule has 3 aromatic rings. The molecule has 1 amide bonds. The van der Waals surface area contributed by atoms with Crippen molar-refractivity contribution >= 4 is 23.4 Å². The highest BCUT2D eigenvalue weighted by Crippen LogP contribution is 2.38. The number of thioether (sulfide) groups is 1. The highest BCUT2D eigenvalue weighted by molar-refractivity contribution is 7.99. The van der Waals surface area contributed by atoms with Crippen molar-refractivity contribution in [1.82, 2.24) is 20.2 Å². The number of benzene rings is 2. The summed E-state index contributed by atoms with van der Waals surface area (Å²) in [6.45, 7) is 0. The van der Waals surface area contributed by atoms with Gasteiger partial charge in [-0.05, 0) is 36.1 Å². The van der Waals surface area contributed by atoms with Crippen molar-refractivity contribution in [3.05, 3.63) is 71.5 Å². The number of hydrazone groups is 1. The largest absolute Gasteiger partial charge is 0.497 e. The van der Waals surface area contributed by atoms with Crippen molar-refractivity contribution in [3.8, 4) is 5.75 Å². The lowest BCUT2D eigenvalue weighted by atomic mass is 9.98. The minimum absolute atomic E-state index is 0.0606. The first-order valence-corrected chi connectivity index (χ1v) is 11.3. The van der Waals surface area contributed by atoms with Crippen molar-refractivity contribution < 1.29 is 9.53 Å². The van der Waals surface area contributed by atoms with E-state index in [-0.39, 0.29) is 17.7 Å². The standard InChI is InChI=1S/C23H23N5O2S/c1-30-18-11-9-16(10-12-18)20-13-19(15-5-3-2-4-6-15)27-28(20)21(29)14-31-23-24-22(25-26-23)17-7-8-17/h2-6,9-12,17,20H,7-8,13-14H2,1H3,(H,24,25,26). The molecule has 1 saturated carbocycles. The molecular weight excluding hydrogens is 410 g/mol. The van der Waals surface area contributed by atoms with E-state index in [4.69, 9.17) is 9.84 Å². The summed E-state index contributed by atoms with van der Waals surface area (Å²) in [5, 5.41) is 14.2. The van der Waals surface area contributed by atoms with Crippen LogP contribution in [0.3, 0.4) is 0 Å². The van der Waals surface area contributed by atoms with Crippen molar-refractivity contribution in [2.45, 2.75) is 36.4 Å². The van der Waals surface area contributed by atoms with Crippen LogP contribution in [-0.4, -0.2) is 44.7 Å². The molecule has 1 aromatic heterocycles. The van der Waals surface area contributed by atoms with Gasteiger partial charge >= 0.3 is 0 Å². The van der Waals surface area contributed by atoms with Crippen LogP contribution in [0.2, 0.25) is 0 Å². The number of ether oxygens (including phenoxy) is 1. The van der Waals surface area contributed by atoms with Gasteiger partial charge in [0, 0.05) is 12.3 Å². The molecule has 1 aliphatic heterocycles. The lowest BCUT2D eigenvalue weighted by Gasteiger charge is -2.22. The molecule has 158 valence electrons. The van der Waals surface area contributed by atoms with Gasteiger partial charge in [0.05, 0.1) is 24.6 Å². The number of rotatable bonds is 7. The van der Waals surface area contributed by atoms with E-state index in [1.54, 1.807) is 12.1 Å².